The maximum absolute atomic E-state index is 6.26. The highest BCUT2D eigenvalue weighted by Gasteiger charge is 2.24. The molecule has 2 aliphatic rings. The summed E-state index contributed by atoms with van der Waals surface area (Å²) in [5.74, 6) is 1.95. The van der Waals surface area contributed by atoms with Crippen LogP contribution in [0.15, 0.2) is 12.1 Å². The van der Waals surface area contributed by atoms with E-state index in [1.165, 1.54) is 55.2 Å². The number of rotatable bonds is 5. The lowest BCUT2D eigenvalue weighted by molar-refractivity contribution is 0.295. The molecule has 0 radical (unpaired) electrons. The summed E-state index contributed by atoms with van der Waals surface area (Å²) in [5.41, 5.74) is 10.6. The third-order valence-electron chi connectivity index (χ3n) is 4.54. The first kappa shape index (κ1) is 15.7. The molecule has 1 aromatic carbocycles. The molecule has 0 amide bonds. The van der Waals surface area contributed by atoms with Crippen LogP contribution < -0.4 is 10.5 Å². The van der Waals surface area contributed by atoms with Gasteiger partial charge in [0.15, 0.2) is 0 Å². The van der Waals surface area contributed by atoms with E-state index in [4.69, 9.17) is 10.5 Å². The van der Waals surface area contributed by atoms with Crippen molar-refractivity contribution in [3.63, 3.8) is 0 Å². The Balaban J connectivity index is 0.00000147. The second-order valence-corrected chi connectivity index (χ2v) is 6.09. The summed E-state index contributed by atoms with van der Waals surface area (Å²) >= 11 is 0. The van der Waals surface area contributed by atoms with Gasteiger partial charge in [0.05, 0.1) is 6.61 Å². The van der Waals surface area contributed by atoms with Crippen LogP contribution in [0.25, 0.3) is 0 Å². The molecule has 20 heavy (non-hydrogen) atoms. The molecular weight excluding hydrogens is 270 g/mol. The minimum absolute atomic E-state index is 0. The Morgan fingerprint density at radius 2 is 1.90 bits per heavy atom. The van der Waals surface area contributed by atoms with Crippen molar-refractivity contribution < 1.29 is 4.74 Å². The predicted molar refractivity (Wildman–Crippen MR) is 85.8 cm³/mol. The lowest BCUT2D eigenvalue weighted by atomic mass is 9.85. The van der Waals surface area contributed by atoms with E-state index in [1.54, 1.807) is 0 Å². The molecule has 0 aliphatic heterocycles. The molecule has 2 N–H and O–H groups in total. The molecule has 1 saturated carbocycles. The number of hydrogen-bond acceptors (Lipinski definition) is 2. The highest BCUT2D eigenvalue weighted by Crippen LogP contribution is 2.36. The zero-order valence-corrected chi connectivity index (χ0v) is 13.2. The third kappa shape index (κ3) is 3.29. The summed E-state index contributed by atoms with van der Waals surface area (Å²) in [6, 6.07) is 4.56. The molecule has 1 aromatic rings. The molecule has 0 heterocycles. The summed E-state index contributed by atoms with van der Waals surface area (Å²) in [5, 5.41) is 0. The summed E-state index contributed by atoms with van der Waals surface area (Å²) in [4.78, 5) is 0. The second kappa shape index (κ2) is 6.82. The van der Waals surface area contributed by atoms with E-state index in [0.29, 0.717) is 0 Å². The molecule has 3 heteroatoms. The number of hydrogen-bond donors (Lipinski definition) is 1. The van der Waals surface area contributed by atoms with Gasteiger partial charge in [0.1, 0.15) is 5.75 Å². The van der Waals surface area contributed by atoms with Crippen molar-refractivity contribution in [2.75, 3.05) is 6.61 Å². The average molecular weight is 296 g/mol. The Kier molecular flexibility index (Phi) is 5.34. The van der Waals surface area contributed by atoms with E-state index in [0.717, 1.165) is 24.7 Å². The highest BCUT2D eigenvalue weighted by molar-refractivity contribution is 5.85. The smallest absolute Gasteiger partial charge is 0.122 e. The van der Waals surface area contributed by atoms with Gasteiger partial charge in [0.2, 0.25) is 0 Å². The van der Waals surface area contributed by atoms with Gasteiger partial charge in [-0.15, -0.1) is 12.4 Å². The molecule has 0 aromatic heterocycles. The molecule has 1 fully saturated rings. The molecule has 3 rings (SSSR count). The number of fused-ring (bicyclic) bond motifs is 1. The van der Waals surface area contributed by atoms with Gasteiger partial charge in [-0.25, -0.2) is 0 Å². The summed E-state index contributed by atoms with van der Waals surface area (Å²) in [7, 11) is 0. The normalized spacial score (nSPS) is 18.9. The Morgan fingerprint density at radius 3 is 2.55 bits per heavy atom. The summed E-state index contributed by atoms with van der Waals surface area (Å²) in [6.07, 6.45) is 8.63. The Labute approximate surface area is 128 Å². The van der Waals surface area contributed by atoms with Crippen LogP contribution in [-0.2, 0) is 12.8 Å². The van der Waals surface area contributed by atoms with Crippen LogP contribution in [0.5, 0.6) is 5.75 Å². The molecule has 0 saturated heterocycles. The Hall–Kier alpha value is -0.730. The van der Waals surface area contributed by atoms with Crippen molar-refractivity contribution >= 4 is 12.4 Å². The lowest BCUT2D eigenvalue weighted by Crippen LogP contribution is -2.16. The fourth-order valence-corrected chi connectivity index (χ4v) is 3.06. The van der Waals surface area contributed by atoms with E-state index in [9.17, 15) is 0 Å². The number of benzene rings is 1. The SMILES string of the molecule is CCC(N)c1ccc(OCC2CC2)c2c1CCCC2.Cl. The fraction of sp³-hybridized carbons (Fsp3) is 0.647. The minimum Gasteiger partial charge on any atom is -0.493 e. The van der Waals surface area contributed by atoms with E-state index in [-0.39, 0.29) is 18.4 Å². The van der Waals surface area contributed by atoms with Crippen LogP contribution >= 0.6 is 12.4 Å². The molecule has 2 aliphatic carbocycles. The summed E-state index contributed by atoms with van der Waals surface area (Å²) in [6.45, 7) is 3.07. The van der Waals surface area contributed by atoms with Crippen molar-refractivity contribution in [2.45, 2.75) is 57.9 Å². The van der Waals surface area contributed by atoms with Gasteiger partial charge in [-0.3, -0.25) is 0 Å². The molecular formula is C17H26ClNO. The van der Waals surface area contributed by atoms with Crippen molar-refractivity contribution in [2.24, 2.45) is 11.7 Å². The van der Waals surface area contributed by atoms with Gasteiger partial charge in [-0.05, 0) is 73.6 Å². The van der Waals surface area contributed by atoms with E-state index in [2.05, 4.69) is 19.1 Å². The van der Waals surface area contributed by atoms with Crippen molar-refractivity contribution in [1.29, 1.82) is 0 Å². The zero-order valence-electron chi connectivity index (χ0n) is 12.4. The fourth-order valence-electron chi connectivity index (χ4n) is 3.06. The first-order valence-electron chi connectivity index (χ1n) is 7.82. The van der Waals surface area contributed by atoms with Gasteiger partial charge >= 0.3 is 0 Å². The molecule has 1 atom stereocenters. The molecule has 0 bridgehead atoms. The number of halogens is 1. The topological polar surface area (TPSA) is 35.2 Å². The van der Waals surface area contributed by atoms with E-state index < -0.39 is 0 Å². The second-order valence-electron chi connectivity index (χ2n) is 6.09. The van der Waals surface area contributed by atoms with Crippen molar-refractivity contribution in [3.05, 3.63) is 28.8 Å². The molecule has 0 spiro atoms. The maximum atomic E-state index is 6.26. The highest BCUT2D eigenvalue weighted by atomic mass is 35.5. The molecule has 1 unspecified atom stereocenters. The van der Waals surface area contributed by atoms with E-state index in [1.807, 2.05) is 0 Å². The van der Waals surface area contributed by atoms with Gasteiger partial charge in [0.25, 0.3) is 0 Å². The first-order chi connectivity index (χ1) is 9.29. The molecule has 112 valence electrons. The van der Waals surface area contributed by atoms with Gasteiger partial charge in [-0.1, -0.05) is 13.0 Å². The van der Waals surface area contributed by atoms with Crippen LogP contribution in [0, 0.1) is 5.92 Å². The Morgan fingerprint density at radius 1 is 1.20 bits per heavy atom. The molecule has 2 nitrogen and oxygen atoms in total. The first-order valence-corrected chi connectivity index (χ1v) is 7.82. The predicted octanol–water partition coefficient (Wildman–Crippen LogP) is 4.19. The number of ether oxygens (including phenoxy) is 1. The third-order valence-corrected chi connectivity index (χ3v) is 4.54. The largest absolute Gasteiger partial charge is 0.493 e. The van der Waals surface area contributed by atoms with Crippen LogP contribution in [0.3, 0.4) is 0 Å². The monoisotopic (exact) mass is 295 g/mol. The van der Waals surface area contributed by atoms with Crippen molar-refractivity contribution in [3.8, 4) is 5.75 Å². The van der Waals surface area contributed by atoms with Crippen LogP contribution in [0.2, 0.25) is 0 Å². The zero-order chi connectivity index (χ0) is 13.2. The maximum Gasteiger partial charge on any atom is 0.122 e. The standard InChI is InChI=1S/C17H25NO.ClH/c1-2-16(18)14-9-10-17(19-11-12-7-8-12)15-6-4-3-5-13(14)15;/h9-10,12,16H,2-8,11,18H2,1H3;1H. The lowest BCUT2D eigenvalue weighted by Gasteiger charge is -2.25. The van der Waals surface area contributed by atoms with Crippen molar-refractivity contribution in [1.82, 2.24) is 0 Å². The van der Waals surface area contributed by atoms with Gasteiger partial charge in [-0.2, -0.15) is 0 Å². The minimum atomic E-state index is 0. The van der Waals surface area contributed by atoms with Crippen LogP contribution in [0.4, 0.5) is 0 Å². The Bertz CT molecular complexity index is 457. The van der Waals surface area contributed by atoms with Gasteiger partial charge in [0, 0.05) is 6.04 Å². The van der Waals surface area contributed by atoms with Crippen LogP contribution in [-0.4, -0.2) is 6.61 Å². The summed E-state index contributed by atoms with van der Waals surface area (Å²) < 4.78 is 6.06. The quantitative estimate of drug-likeness (QED) is 0.884. The van der Waals surface area contributed by atoms with E-state index >= 15 is 0 Å². The average Bonchev–Trinajstić information content (AvgIpc) is 3.28. The van der Waals surface area contributed by atoms with Crippen LogP contribution in [0.1, 0.15) is 61.8 Å². The van der Waals surface area contributed by atoms with Gasteiger partial charge < -0.3 is 10.5 Å². The number of nitrogens with two attached hydrogens (primary N) is 1.